The third kappa shape index (κ3) is 10.4. The van der Waals surface area contributed by atoms with Crippen LogP contribution in [0.25, 0.3) is 0 Å². The standard InChI is InChI=1S/C53H64N2O11P2S2/c1-36-22-26-42(27-23-36)69(56,57)54(67(64-44-19-11-15-38-31-50(3,4)61-47(38)44)65-45-20-12-16-39-32-51(5,6)62-48(39)45)35-53(9)30-14-18-41(34-53)55(70(58,59)43-28-24-37(2)25-29-43)68(60-10)66-46-21-13-17-40-33-52(7,8)63-49(40)46/h11-13,15-17,19-29,41H,14,18,30-35H2,1-10H3. The molecule has 1 saturated carbocycles. The summed E-state index contributed by atoms with van der Waals surface area (Å²) in [6.07, 6.45) is 3.74. The second-order valence-corrected chi connectivity index (χ2v) is 28.2. The van der Waals surface area contributed by atoms with E-state index in [9.17, 15) is 0 Å². The molecule has 13 nitrogen and oxygen atoms in total. The molecular formula is C53H64N2O11P2S2. The molecule has 3 unspecified atom stereocenters. The fourth-order valence-corrected chi connectivity index (χ4v) is 17.3. The van der Waals surface area contributed by atoms with Gasteiger partial charge in [0.05, 0.1) is 9.79 Å². The van der Waals surface area contributed by atoms with Crippen LogP contribution in [0.2, 0.25) is 0 Å². The third-order valence-corrected chi connectivity index (χ3v) is 21.1. The zero-order valence-corrected chi connectivity index (χ0v) is 45.1. The Balaban J connectivity index is 1.14. The highest BCUT2D eigenvalue weighted by atomic mass is 32.2. The molecule has 3 heterocycles. The predicted octanol–water partition coefficient (Wildman–Crippen LogP) is 12.4. The van der Waals surface area contributed by atoms with Gasteiger partial charge in [0.15, 0.2) is 34.5 Å². The number of hydrogen-bond acceptors (Lipinski definition) is 11. The second kappa shape index (κ2) is 18.9. The van der Waals surface area contributed by atoms with Gasteiger partial charge in [-0.15, -0.1) is 8.15 Å². The second-order valence-electron chi connectivity index (χ2n) is 21.2. The molecule has 0 N–H and O–H groups in total. The minimum absolute atomic E-state index is 0.0563. The van der Waals surface area contributed by atoms with Crippen LogP contribution in [0.4, 0.5) is 0 Å². The highest BCUT2D eigenvalue weighted by molar-refractivity contribution is 7.94. The minimum atomic E-state index is -4.42. The molecule has 0 spiro atoms. The molecule has 4 aliphatic rings. The minimum Gasteiger partial charge on any atom is -0.483 e. The molecule has 5 aromatic rings. The van der Waals surface area contributed by atoms with Crippen molar-refractivity contribution in [1.29, 1.82) is 0 Å². The van der Waals surface area contributed by atoms with Crippen molar-refractivity contribution >= 4 is 37.1 Å². The van der Waals surface area contributed by atoms with E-state index < -0.39 is 65.4 Å². The first-order chi connectivity index (χ1) is 32.9. The van der Waals surface area contributed by atoms with E-state index in [1.165, 1.54) is 15.3 Å². The largest absolute Gasteiger partial charge is 0.483 e. The first-order valence-corrected chi connectivity index (χ1v) is 28.9. The van der Waals surface area contributed by atoms with Crippen LogP contribution in [0.15, 0.2) is 113 Å². The maximum absolute atomic E-state index is 15.6. The zero-order valence-electron chi connectivity index (χ0n) is 41.6. The van der Waals surface area contributed by atoms with Gasteiger partial charge < -0.3 is 32.3 Å². The summed E-state index contributed by atoms with van der Waals surface area (Å²) >= 11 is 0. The van der Waals surface area contributed by atoms with E-state index in [-0.39, 0.29) is 22.8 Å². The average Bonchev–Trinajstić information content (AvgIpc) is 3.92. The maximum atomic E-state index is 15.6. The summed E-state index contributed by atoms with van der Waals surface area (Å²) in [6.45, 7) is 17.7. The fraction of sp³-hybridized carbons (Fsp3) is 0.434. The van der Waals surface area contributed by atoms with Crippen LogP contribution in [-0.2, 0) is 43.8 Å². The van der Waals surface area contributed by atoms with E-state index in [1.807, 2.05) is 98.7 Å². The first-order valence-electron chi connectivity index (χ1n) is 23.8. The van der Waals surface area contributed by atoms with E-state index in [4.69, 9.17) is 32.3 Å². The van der Waals surface area contributed by atoms with Crippen LogP contribution < -0.4 is 27.8 Å². The molecule has 0 aromatic heterocycles. The molecule has 1 fully saturated rings. The Morgan fingerprint density at radius 1 is 0.571 bits per heavy atom. The van der Waals surface area contributed by atoms with Gasteiger partial charge in [-0.1, -0.05) is 85.1 Å². The molecule has 3 atom stereocenters. The molecule has 9 rings (SSSR count). The van der Waals surface area contributed by atoms with Gasteiger partial charge in [-0.05, 0) is 123 Å². The molecule has 70 heavy (non-hydrogen) atoms. The molecule has 0 radical (unpaired) electrons. The van der Waals surface area contributed by atoms with Crippen LogP contribution >= 0.6 is 17.1 Å². The molecule has 5 aromatic carbocycles. The Labute approximate surface area is 416 Å². The molecule has 374 valence electrons. The molecule has 0 saturated heterocycles. The summed E-state index contributed by atoms with van der Waals surface area (Å²) < 4.78 is 111. The molecule has 17 heteroatoms. The van der Waals surface area contributed by atoms with E-state index in [0.29, 0.717) is 73.0 Å². The normalized spacial score (nSPS) is 21.3. The molecular weight excluding hydrogens is 967 g/mol. The van der Waals surface area contributed by atoms with Crippen LogP contribution in [0.3, 0.4) is 0 Å². The van der Waals surface area contributed by atoms with Crippen molar-refractivity contribution in [3.63, 3.8) is 0 Å². The van der Waals surface area contributed by atoms with Gasteiger partial charge in [0.1, 0.15) is 16.8 Å². The quantitative estimate of drug-likeness (QED) is 0.0873. The number of hydrogen-bond donors (Lipinski definition) is 0. The molecule has 0 amide bonds. The number of benzene rings is 5. The van der Waals surface area contributed by atoms with E-state index in [2.05, 4.69) is 0 Å². The van der Waals surface area contributed by atoms with Crippen molar-refractivity contribution in [1.82, 2.24) is 8.15 Å². The number of sulfonamides is 2. The lowest BCUT2D eigenvalue weighted by atomic mass is 9.74. The lowest BCUT2D eigenvalue weighted by molar-refractivity contribution is 0.131. The van der Waals surface area contributed by atoms with Crippen molar-refractivity contribution in [2.45, 2.75) is 140 Å². The Morgan fingerprint density at radius 2 is 0.971 bits per heavy atom. The number of fused-ring (bicyclic) bond motifs is 3. The number of para-hydroxylation sites is 3. The molecule has 3 aliphatic heterocycles. The average molecular weight is 1030 g/mol. The van der Waals surface area contributed by atoms with E-state index in [0.717, 1.165) is 27.8 Å². The van der Waals surface area contributed by atoms with Crippen LogP contribution in [-0.4, -0.2) is 61.5 Å². The smallest absolute Gasteiger partial charge is 0.399 e. The number of rotatable bonds is 16. The summed E-state index contributed by atoms with van der Waals surface area (Å²) in [5.41, 5.74) is 2.22. The Bertz CT molecular complexity index is 2920. The molecule has 0 bridgehead atoms. The topological polar surface area (TPSA) is 139 Å². The van der Waals surface area contributed by atoms with Gasteiger partial charge in [0.2, 0.25) is 0 Å². The van der Waals surface area contributed by atoms with Crippen LogP contribution in [0.1, 0.15) is 102 Å². The van der Waals surface area contributed by atoms with E-state index >= 15 is 16.8 Å². The molecule has 1 aliphatic carbocycles. The number of nitrogens with zero attached hydrogens (tertiary/aromatic N) is 2. The predicted molar refractivity (Wildman–Crippen MR) is 273 cm³/mol. The highest BCUT2D eigenvalue weighted by Crippen LogP contribution is 2.58. The van der Waals surface area contributed by atoms with Crippen molar-refractivity contribution in [2.24, 2.45) is 5.41 Å². The zero-order chi connectivity index (χ0) is 50.0. The third-order valence-electron chi connectivity index (χ3n) is 13.2. The van der Waals surface area contributed by atoms with E-state index in [1.54, 1.807) is 66.7 Å². The Hall–Kier alpha value is -4.46. The summed E-state index contributed by atoms with van der Waals surface area (Å²) in [4.78, 5) is 0.144. The summed E-state index contributed by atoms with van der Waals surface area (Å²) in [5, 5.41) is 0. The number of aryl methyl sites for hydroxylation is 2. The van der Waals surface area contributed by atoms with Gasteiger partial charge in [-0.25, -0.2) is 16.8 Å². The van der Waals surface area contributed by atoms with Gasteiger partial charge in [0, 0.05) is 55.6 Å². The van der Waals surface area contributed by atoms with Crippen molar-refractivity contribution < 1.29 is 49.1 Å². The number of ether oxygens (including phenoxy) is 3. The van der Waals surface area contributed by atoms with Gasteiger partial charge >= 0.3 is 17.1 Å². The summed E-state index contributed by atoms with van der Waals surface area (Å²) in [6, 6.07) is 29.7. The lowest BCUT2D eigenvalue weighted by Gasteiger charge is -2.45. The summed E-state index contributed by atoms with van der Waals surface area (Å²) in [7, 11) is -12.2. The SMILES string of the molecule is COP(Oc1cccc2c1OC(C)(C)C2)N(C1CCCC(C)(CN(P(Oc2cccc3c2OC(C)(C)C3)Oc2cccc3c2OC(C)(C)C3)S(=O)(=O)c2ccc(C)cc2)C1)S(=O)(=O)c1ccc(C)cc1. The Kier molecular flexibility index (Phi) is 13.6. The van der Waals surface area contributed by atoms with Gasteiger partial charge in [0.25, 0.3) is 20.0 Å². The van der Waals surface area contributed by atoms with Gasteiger partial charge in [-0.3, -0.25) is 0 Å². The maximum Gasteiger partial charge on any atom is 0.399 e. The van der Waals surface area contributed by atoms with Crippen molar-refractivity contribution in [3.8, 4) is 34.5 Å². The van der Waals surface area contributed by atoms with Gasteiger partial charge in [-0.2, -0.15) is 0 Å². The summed E-state index contributed by atoms with van der Waals surface area (Å²) in [5.74, 6) is 2.68. The van der Waals surface area contributed by atoms with Crippen LogP contribution in [0, 0.1) is 19.3 Å². The fourth-order valence-electron chi connectivity index (χ4n) is 9.99. The Morgan fingerprint density at radius 3 is 1.39 bits per heavy atom. The highest BCUT2D eigenvalue weighted by Gasteiger charge is 2.50. The van der Waals surface area contributed by atoms with Crippen LogP contribution in [0.5, 0.6) is 34.5 Å². The van der Waals surface area contributed by atoms with Crippen molar-refractivity contribution in [2.75, 3.05) is 13.7 Å². The monoisotopic (exact) mass is 1030 g/mol. The van der Waals surface area contributed by atoms with Crippen molar-refractivity contribution in [3.05, 3.63) is 131 Å². The first kappa shape index (κ1) is 50.5. The lowest BCUT2D eigenvalue weighted by Crippen LogP contribution is -2.47.